The molecule has 0 bridgehead atoms. The van der Waals surface area contributed by atoms with Gasteiger partial charge in [0.1, 0.15) is 12.8 Å². The summed E-state index contributed by atoms with van der Waals surface area (Å²) in [4.78, 5) is 0. The third kappa shape index (κ3) is 6.61. The fourth-order valence-electron chi connectivity index (χ4n) is 5.98. The molecule has 38 heavy (non-hydrogen) atoms. The van der Waals surface area contributed by atoms with Crippen LogP contribution >= 0.6 is 0 Å². The van der Waals surface area contributed by atoms with Crippen LogP contribution in [0.1, 0.15) is 75.3 Å². The first-order chi connectivity index (χ1) is 18.3. The van der Waals surface area contributed by atoms with Crippen LogP contribution in [0, 0.1) is 35.1 Å². The largest absolute Gasteiger partial charge is 0.494 e. The molecule has 3 atom stereocenters. The highest BCUT2D eigenvalue weighted by molar-refractivity contribution is 5.35. The predicted molar refractivity (Wildman–Crippen MR) is 135 cm³/mol. The average Bonchev–Trinajstić information content (AvgIpc) is 2.93. The van der Waals surface area contributed by atoms with Crippen LogP contribution in [0.25, 0.3) is 0 Å². The third-order valence-electron chi connectivity index (χ3n) is 8.15. The van der Waals surface area contributed by atoms with Crippen molar-refractivity contribution in [2.45, 2.75) is 82.9 Å². The third-order valence-corrected chi connectivity index (χ3v) is 8.15. The molecule has 1 aliphatic heterocycles. The number of hydrogen-bond acceptors (Lipinski definition) is 3. The standard InChI is InChI=1S/C30H37F5O3/c1-3-4-18-5-7-19(8-6-18)24-12-10-21(16-37-24)23-11-9-20(27(32)28(23)33)15-22(31)17-38-26-14-13-25(36-2)29(34)30(26)35/h9,11,13-14,18-19,21-22,24H,3-8,10,12,15-17H2,1-2H3. The zero-order valence-electron chi connectivity index (χ0n) is 22.1. The molecule has 0 radical (unpaired) electrons. The Kier molecular flexibility index (Phi) is 9.91. The second-order valence-corrected chi connectivity index (χ2v) is 10.7. The second kappa shape index (κ2) is 13.1. The fourth-order valence-corrected chi connectivity index (χ4v) is 5.98. The van der Waals surface area contributed by atoms with Crippen molar-refractivity contribution in [2.75, 3.05) is 20.3 Å². The van der Waals surface area contributed by atoms with Gasteiger partial charge in [0.05, 0.1) is 19.8 Å². The second-order valence-electron chi connectivity index (χ2n) is 10.7. The Morgan fingerprint density at radius 3 is 2.24 bits per heavy atom. The highest BCUT2D eigenvalue weighted by Crippen LogP contribution is 2.40. The summed E-state index contributed by atoms with van der Waals surface area (Å²) in [6.07, 6.45) is 6.85. The van der Waals surface area contributed by atoms with Gasteiger partial charge in [-0.05, 0) is 60.8 Å². The van der Waals surface area contributed by atoms with E-state index >= 15 is 0 Å². The number of hydrogen-bond donors (Lipinski definition) is 0. The zero-order valence-corrected chi connectivity index (χ0v) is 22.1. The van der Waals surface area contributed by atoms with E-state index < -0.39 is 48.2 Å². The lowest BCUT2D eigenvalue weighted by Crippen LogP contribution is -2.33. The molecule has 4 rings (SSSR count). The minimum Gasteiger partial charge on any atom is -0.494 e. The molecule has 2 aromatic carbocycles. The smallest absolute Gasteiger partial charge is 0.204 e. The average molecular weight is 541 g/mol. The Morgan fingerprint density at radius 2 is 1.58 bits per heavy atom. The van der Waals surface area contributed by atoms with Crippen molar-refractivity contribution in [1.29, 1.82) is 0 Å². The summed E-state index contributed by atoms with van der Waals surface area (Å²) >= 11 is 0. The molecular formula is C30H37F5O3. The van der Waals surface area contributed by atoms with E-state index in [1.807, 2.05) is 0 Å². The summed E-state index contributed by atoms with van der Waals surface area (Å²) in [5.41, 5.74) is 0.112. The van der Waals surface area contributed by atoms with Crippen LogP contribution in [-0.2, 0) is 11.2 Å². The van der Waals surface area contributed by atoms with E-state index in [1.54, 1.807) is 0 Å². The number of rotatable bonds is 10. The van der Waals surface area contributed by atoms with Crippen molar-refractivity contribution >= 4 is 0 Å². The zero-order chi connectivity index (χ0) is 27.2. The van der Waals surface area contributed by atoms with Crippen LogP contribution in [0.3, 0.4) is 0 Å². The molecule has 8 heteroatoms. The highest BCUT2D eigenvalue weighted by Gasteiger charge is 2.33. The van der Waals surface area contributed by atoms with E-state index in [9.17, 15) is 22.0 Å². The van der Waals surface area contributed by atoms with Crippen LogP contribution < -0.4 is 9.47 Å². The first-order valence-corrected chi connectivity index (χ1v) is 13.7. The van der Waals surface area contributed by atoms with Gasteiger partial charge in [-0.15, -0.1) is 0 Å². The van der Waals surface area contributed by atoms with Crippen molar-refractivity contribution in [2.24, 2.45) is 11.8 Å². The van der Waals surface area contributed by atoms with Crippen molar-refractivity contribution < 1.29 is 36.2 Å². The summed E-state index contributed by atoms with van der Waals surface area (Å²) < 4.78 is 88.1. The van der Waals surface area contributed by atoms with Gasteiger partial charge in [-0.25, -0.2) is 13.2 Å². The van der Waals surface area contributed by atoms with E-state index in [0.717, 1.165) is 30.9 Å². The lowest BCUT2D eigenvalue weighted by molar-refractivity contribution is -0.0440. The highest BCUT2D eigenvalue weighted by atomic mass is 19.2. The molecule has 3 unspecified atom stereocenters. The Bertz CT molecular complexity index is 1060. The van der Waals surface area contributed by atoms with Gasteiger partial charge in [-0.2, -0.15) is 8.78 Å². The van der Waals surface area contributed by atoms with Gasteiger partial charge in [0.15, 0.2) is 23.1 Å². The molecule has 1 saturated heterocycles. The number of methoxy groups -OCH3 is 1. The molecule has 2 fully saturated rings. The molecule has 1 aliphatic carbocycles. The van der Waals surface area contributed by atoms with Gasteiger partial charge in [-0.1, -0.05) is 44.7 Å². The van der Waals surface area contributed by atoms with Crippen molar-refractivity contribution in [3.8, 4) is 11.5 Å². The monoisotopic (exact) mass is 540 g/mol. The molecule has 0 aromatic heterocycles. The van der Waals surface area contributed by atoms with Gasteiger partial charge >= 0.3 is 0 Å². The topological polar surface area (TPSA) is 27.7 Å². The molecule has 1 heterocycles. The first kappa shape index (κ1) is 28.7. The molecule has 3 nitrogen and oxygen atoms in total. The minimum atomic E-state index is -1.76. The van der Waals surface area contributed by atoms with E-state index in [-0.39, 0.29) is 28.9 Å². The summed E-state index contributed by atoms with van der Waals surface area (Å²) in [7, 11) is 1.19. The van der Waals surface area contributed by atoms with E-state index in [2.05, 4.69) is 11.7 Å². The lowest BCUT2D eigenvalue weighted by atomic mass is 9.75. The molecule has 2 aliphatic rings. The summed E-state index contributed by atoms with van der Waals surface area (Å²) in [5.74, 6) is -4.31. The quantitative estimate of drug-likeness (QED) is 0.285. The summed E-state index contributed by atoms with van der Waals surface area (Å²) in [5, 5.41) is 0. The SMILES string of the molecule is CCCC1CCC(C2CCC(c3ccc(CC(F)COc4ccc(OC)c(F)c4F)c(F)c3F)CO2)CC1. The number of benzene rings is 2. The van der Waals surface area contributed by atoms with Crippen LogP contribution in [-0.4, -0.2) is 32.6 Å². The first-order valence-electron chi connectivity index (χ1n) is 13.7. The number of ether oxygens (including phenoxy) is 3. The van der Waals surface area contributed by atoms with Gasteiger partial charge in [0, 0.05) is 12.3 Å². The van der Waals surface area contributed by atoms with E-state index in [4.69, 9.17) is 9.47 Å². The Balaban J connectivity index is 1.30. The van der Waals surface area contributed by atoms with Crippen LogP contribution in [0.4, 0.5) is 22.0 Å². The molecule has 2 aromatic rings. The van der Waals surface area contributed by atoms with Crippen LogP contribution in [0.15, 0.2) is 24.3 Å². The predicted octanol–water partition coefficient (Wildman–Crippen LogP) is 8.08. The molecule has 0 spiro atoms. The van der Waals surface area contributed by atoms with Crippen molar-refractivity contribution in [1.82, 2.24) is 0 Å². The number of halogens is 5. The van der Waals surface area contributed by atoms with Gasteiger partial charge in [0.25, 0.3) is 0 Å². The maximum atomic E-state index is 15.0. The summed E-state index contributed by atoms with van der Waals surface area (Å²) in [6, 6.07) is 5.16. The molecule has 0 amide bonds. The number of alkyl halides is 1. The Labute approximate surface area is 221 Å². The van der Waals surface area contributed by atoms with E-state index in [1.165, 1.54) is 57.8 Å². The van der Waals surface area contributed by atoms with Crippen molar-refractivity contribution in [3.63, 3.8) is 0 Å². The van der Waals surface area contributed by atoms with Crippen LogP contribution in [0.5, 0.6) is 11.5 Å². The van der Waals surface area contributed by atoms with Gasteiger partial charge < -0.3 is 14.2 Å². The molecule has 0 N–H and O–H groups in total. The van der Waals surface area contributed by atoms with Crippen molar-refractivity contribution in [3.05, 3.63) is 58.7 Å². The lowest BCUT2D eigenvalue weighted by Gasteiger charge is -2.38. The molecule has 1 saturated carbocycles. The summed E-state index contributed by atoms with van der Waals surface area (Å²) in [6.45, 7) is 1.92. The Hall–Kier alpha value is -2.35. The van der Waals surface area contributed by atoms with Crippen LogP contribution in [0.2, 0.25) is 0 Å². The van der Waals surface area contributed by atoms with Gasteiger partial charge in [0.2, 0.25) is 11.6 Å². The van der Waals surface area contributed by atoms with Gasteiger partial charge in [-0.3, -0.25) is 0 Å². The maximum absolute atomic E-state index is 15.0. The van der Waals surface area contributed by atoms with E-state index in [0.29, 0.717) is 12.5 Å². The maximum Gasteiger partial charge on any atom is 0.204 e. The fraction of sp³-hybridized carbons (Fsp3) is 0.600. The molecule has 210 valence electrons. The molecular weight excluding hydrogens is 503 g/mol. The minimum absolute atomic E-state index is 0.137. The normalized spacial score (nSPS) is 24.7. The Morgan fingerprint density at radius 1 is 0.868 bits per heavy atom.